The molecule has 0 fully saturated rings. The summed E-state index contributed by atoms with van der Waals surface area (Å²) in [5.74, 6) is 0.774. The Balaban J connectivity index is 2.06. The van der Waals surface area contributed by atoms with Gasteiger partial charge in [0.25, 0.3) is 0 Å². The van der Waals surface area contributed by atoms with Gasteiger partial charge in [-0.25, -0.2) is 0 Å². The molecule has 0 amide bonds. The molecule has 3 rings (SSSR count). The van der Waals surface area contributed by atoms with Crippen molar-refractivity contribution in [3.63, 3.8) is 0 Å². The van der Waals surface area contributed by atoms with Gasteiger partial charge in [0.1, 0.15) is 5.69 Å². The fourth-order valence-corrected chi connectivity index (χ4v) is 2.27. The first kappa shape index (κ1) is 11.9. The fraction of sp³-hybridized carbons (Fsp3) is 0.0769. The van der Waals surface area contributed by atoms with Crippen LogP contribution in [0.2, 0.25) is 0 Å². The number of nitrogens with zero attached hydrogens (tertiary/aromatic N) is 5. The number of fused-ring (bicyclic) bond motifs is 1. The van der Waals surface area contributed by atoms with Crippen LogP contribution in [-0.2, 0) is 0 Å². The van der Waals surface area contributed by atoms with E-state index in [1.54, 1.807) is 22.5 Å². The second kappa shape index (κ2) is 5.19. The monoisotopic (exact) mass is 269 g/mol. The SMILES string of the molecule is C=CCSc1nnc2ccc(-c3ccccn3)nn12. The fourth-order valence-electron chi connectivity index (χ4n) is 1.64. The molecule has 0 bridgehead atoms. The zero-order valence-electron chi connectivity index (χ0n) is 10.1. The standard InChI is InChI=1S/C13H11N5S/c1-2-9-19-13-16-15-12-7-6-11(17-18(12)13)10-5-3-4-8-14-10/h2-8H,1,9H2. The van der Waals surface area contributed by atoms with Gasteiger partial charge in [-0.15, -0.1) is 16.8 Å². The molecular weight excluding hydrogens is 258 g/mol. The molecule has 0 aromatic carbocycles. The minimum absolute atomic E-state index is 0.728. The third-order valence-corrected chi connectivity index (χ3v) is 3.41. The summed E-state index contributed by atoms with van der Waals surface area (Å²) in [7, 11) is 0. The lowest BCUT2D eigenvalue weighted by molar-refractivity contribution is 0.812. The highest BCUT2D eigenvalue weighted by Crippen LogP contribution is 2.19. The van der Waals surface area contributed by atoms with Crippen LogP contribution in [0.15, 0.2) is 54.3 Å². The normalized spacial score (nSPS) is 10.7. The van der Waals surface area contributed by atoms with Crippen molar-refractivity contribution in [2.45, 2.75) is 5.16 Å². The number of hydrogen-bond acceptors (Lipinski definition) is 5. The van der Waals surface area contributed by atoms with Crippen LogP contribution in [0, 0.1) is 0 Å². The van der Waals surface area contributed by atoms with Gasteiger partial charge in [0.15, 0.2) is 5.65 Å². The van der Waals surface area contributed by atoms with Crippen molar-refractivity contribution in [1.82, 2.24) is 24.8 Å². The molecule has 0 N–H and O–H groups in total. The molecule has 0 unspecified atom stereocenters. The van der Waals surface area contributed by atoms with E-state index in [2.05, 4.69) is 26.9 Å². The smallest absolute Gasteiger partial charge is 0.212 e. The first-order chi connectivity index (χ1) is 9.38. The molecular formula is C13H11N5S. The molecule has 6 heteroatoms. The zero-order chi connectivity index (χ0) is 13.1. The molecule has 19 heavy (non-hydrogen) atoms. The van der Waals surface area contributed by atoms with Crippen molar-refractivity contribution in [1.29, 1.82) is 0 Å². The molecule has 94 valence electrons. The molecule has 0 aliphatic rings. The molecule has 0 atom stereocenters. The summed E-state index contributed by atoms with van der Waals surface area (Å²) in [5.41, 5.74) is 2.36. The Kier molecular flexibility index (Phi) is 3.24. The lowest BCUT2D eigenvalue weighted by Crippen LogP contribution is -1.97. The van der Waals surface area contributed by atoms with E-state index in [1.165, 1.54) is 0 Å². The lowest BCUT2D eigenvalue weighted by atomic mass is 10.2. The van der Waals surface area contributed by atoms with Gasteiger partial charge >= 0.3 is 0 Å². The van der Waals surface area contributed by atoms with Crippen molar-refractivity contribution in [2.24, 2.45) is 0 Å². The van der Waals surface area contributed by atoms with Gasteiger partial charge in [0, 0.05) is 11.9 Å². The van der Waals surface area contributed by atoms with Gasteiger partial charge in [-0.1, -0.05) is 23.9 Å². The van der Waals surface area contributed by atoms with Crippen LogP contribution in [0.5, 0.6) is 0 Å². The molecule has 3 aromatic rings. The summed E-state index contributed by atoms with van der Waals surface area (Å²) in [5, 5.41) is 13.5. The Morgan fingerprint density at radius 2 is 2.11 bits per heavy atom. The molecule has 0 radical (unpaired) electrons. The van der Waals surface area contributed by atoms with Crippen LogP contribution < -0.4 is 0 Å². The summed E-state index contributed by atoms with van der Waals surface area (Å²) in [4.78, 5) is 4.29. The third-order valence-electron chi connectivity index (χ3n) is 2.49. The van der Waals surface area contributed by atoms with Gasteiger partial charge in [-0.2, -0.15) is 9.61 Å². The van der Waals surface area contributed by atoms with Crippen molar-refractivity contribution < 1.29 is 0 Å². The largest absolute Gasteiger partial charge is 0.255 e. The summed E-state index contributed by atoms with van der Waals surface area (Å²) >= 11 is 1.55. The van der Waals surface area contributed by atoms with Crippen molar-refractivity contribution in [3.05, 3.63) is 49.2 Å². The van der Waals surface area contributed by atoms with E-state index in [1.807, 2.05) is 36.4 Å². The summed E-state index contributed by atoms with van der Waals surface area (Å²) in [6.07, 6.45) is 3.58. The van der Waals surface area contributed by atoms with E-state index < -0.39 is 0 Å². The molecule has 0 saturated carbocycles. The molecule has 3 aromatic heterocycles. The predicted octanol–water partition coefficient (Wildman–Crippen LogP) is 2.46. The molecule has 0 aliphatic carbocycles. The number of hydrogen-bond donors (Lipinski definition) is 0. The maximum atomic E-state index is 4.53. The van der Waals surface area contributed by atoms with Crippen LogP contribution in [0.1, 0.15) is 0 Å². The summed E-state index contributed by atoms with van der Waals surface area (Å²) < 4.78 is 1.73. The van der Waals surface area contributed by atoms with Crippen LogP contribution in [0.4, 0.5) is 0 Å². The molecule has 5 nitrogen and oxygen atoms in total. The quantitative estimate of drug-likeness (QED) is 0.538. The average Bonchev–Trinajstić information content (AvgIpc) is 2.88. The Morgan fingerprint density at radius 1 is 1.16 bits per heavy atom. The maximum absolute atomic E-state index is 4.53. The van der Waals surface area contributed by atoms with Crippen LogP contribution in [0.25, 0.3) is 17.0 Å². The Morgan fingerprint density at radius 3 is 2.89 bits per heavy atom. The second-order valence-corrected chi connectivity index (χ2v) is 4.77. The van der Waals surface area contributed by atoms with Crippen molar-refractivity contribution >= 4 is 17.4 Å². The highest BCUT2D eigenvalue weighted by atomic mass is 32.2. The molecule has 0 spiro atoms. The number of rotatable bonds is 4. The lowest BCUT2D eigenvalue weighted by Gasteiger charge is -2.01. The van der Waals surface area contributed by atoms with Crippen molar-refractivity contribution in [3.8, 4) is 11.4 Å². The number of pyridine rings is 1. The van der Waals surface area contributed by atoms with Gasteiger partial charge in [-0.3, -0.25) is 4.98 Å². The number of aromatic nitrogens is 5. The van der Waals surface area contributed by atoms with Gasteiger partial charge in [0.2, 0.25) is 5.16 Å². The maximum Gasteiger partial charge on any atom is 0.212 e. The average molecular weight is 269 g/mol. The number of thioether (sulfide) groups is 1. The predicted molar refractivity (Wildman–Crippen MR) is 74.9 cm³/mol. The highest BCUT2D eigenvalue weighted by Gasteiger charge is 2.08. The van der Waals surface area contributed by atoms with E-state index in [0.29, 0.717) is 0 Å². The highest BCUT2D eigenvalue weighted by molar-refractivity contribution is 7.99. The first-order valence-corrected chi connectivity index (χ1v) is 6.74. The zero-order valence-corrected chi connectivity index (χ0v) is 10.9. The van der Waals surface area contributed by atoms with Gasteiger partial charge < -0.3 is 0 Å². The third kappa shape index (κ3) is 2.34. The van der Waals surface area contributed by atoms with E-state index in [-0.39, 0.29) is 0 Å². The van der Waals surface area contributed by atoms with Gasteiger partial charge in [-0.05, 0) is 24.3 Å². The molecule has 0 aliphatic heterocycles. The van der Waals surface area contributed by atoms with Crippen LogP contribution in [0.3, 0.4) is 0 Å². The molecule has 0 saturated heterocycles. The Hall–Kier alpha value is -2.21. The van der Waals surface area contributed by atoms with E-state index in [0.717, 1.165) is 27.9 Å². The topological polar surface area (TPSA) is 56.0 Å². The van der Waals surface area contributed by atoms with Crippen LogP contribution in [-0.4, -0.2) is 30.5 Å². The minimum atomic E-state index is 0.728. The summed E-state index contributed by atoms with van der Waals surface area (Å²) in [6.45, 7) is 3.70. The van der Waals surface area contributed by atoms with Gasteiger partial charge in [0.05, 0.1) is 5.69 Å². The second-order valence-electron chi connectivity index (χ2n) is 3.79. The Bertz CT molecular complexity index is 707. The van der Waals surface area contributed by atoms with Crippen LogP contribution >= 0.6 is 11.8 Å². The first-order valence-electron chi connectivity index (χ1n) is 5.76. The Labute approximate surface area is 114 Å². The molecule has 3 heterocycles. The van der Waals surface area contributed by atoms with E-state index >= 15 is 0 Å². The summed E-state index contributed by atoms with van der Waals surface area (Å²) in [6, 6.07) is 9.53. The van der Waals surface area contributed by atoms with E-state index in [9.17, 15) is 0 Å². The van der Waals surface area contributed by atoms with Crippen molar-refractivity contribution in [2.75, 3.05) is 5.75 Å². The van der Waals surface area contributed by atoms with E-state index in [4.69, 9.17) is 0 Å². The minimum Gasteiger partial charge on any atom is -0.255 e.